The smallest absolute Gasteiger partial charge is 0.286 e. The van der Waals surface area contributed by atoms with Crippen LogP contribution in [0.1, 0.15) is 15.9 Å². The highest BCUT2D eigenvalue weighted by molar-refractivity contribution is 6.30. The van der Waals surface area contributed by atoms with Crippen molar-refractivity contribution in [2.75, 3.05) is 21.3 Å². The van der Waals surface area contributed by atoms with Crippen LogP contribution < -0.4 is 9.47 Å². The molecule has 0 saturated carbocycles. The maximum absolute atomic E-state index is 12.7. The lowest BCUT2D eigenvalue weighted by Crippen LogP contribution is -2.27. The van der Waals surface area contributed by atoms with Crippen LogP contribution in [0.25, 0.3) is 0 Å². The third-order valence-electron chi connectivity index (χ3n) is 3.61. The zero-order valence-electron chi connectivity index (χ0n) is 14.0. The Hall–Kier alpha value is -2.80. The number of carbonyl (C=O) groups is 1. The molecule has 2 aromatic carbocycles. The van der Waals surface area contributed by atoms with Crippen LogP contribution in [0.4, 0.5) is 5.69 Å². The molecule has 2 rings (SSSR count). The van der Waals surface area contributed by atoms with E-state index in [1.165, 1.54) is 31.3 Å². The fourth-order valence-corrected chi connectivity index (χ4v) is 2.46. The third kappa shape index (κ3) is 4.19. The zero-order chi connectivity index (χ0) is 18.6. The topological polar surface area (TPSA) is 81.9 Å². The summed E-state index contributed by atoms with van der Waals surface area (Å²) >= 11 is 5.84. The van der Waals surface area contributed by atoms with Crippen LogP contribution in [0.15, 0.2) is 36.4 Å². The molecule has 132 valence electrons. The molecule has 0 atom stereocenters. The van der Waals surface area contributed by atoms with Crippen molar-refractivity contribution >= 4 is 23.2 Å². The number of rotatable bonds is 6. The predicted molar refractivity (Wildman–Crippen MR) is 93.4 cm³/mol. The molecule has 0 N–H and O–H groups in total. The molecule has 0 radical (unpaired) electrons. The number of carbonyl (C=O) groups excluding carboxylic acids is 1. The first-order valence-corrected chi connectivity index (χ1v) is 7.65. The summed E-state index contributed by atoms with van der Waals surface area (Å²) in [6, 6.07) is 9.51. The number of ether oxygens (including phenoxy) is 2. The molecule has 0 aliphatic heterocycles. The van der Waals surface area contributed by atoms with E-state index < -0.39 is 10.8 Å². The minimum atomic E-state index is -0.620. The van der Waals surface area contributed by atoms with E-state index >= 15 is 0 Å². The number of amides is 1. The third-order valence-corrected chi connectivity index (χ3v) is 3.86. The van der Waals surface area contributed by atoms with Gasteiger partial charge in [-0.1, -0.05) is 23.7 Å². The van der Waals surface area contributed by atoms with E-state index in [1.807, 2.05) is 0 Å². The highest BCUT2D eigenvalue weighted by atomic mass is 35.5. The van der Waals surface area contributed by atoms with E-state index in [1.54, 1.807) is 31.3 Å². The van der Waals surface area contributed by atoms with Crippen molar-refractivity contribution < 1.29 is 19.2 Å². The van der Waals surface area contributed by atoms with Gasteiger partial charge < -0.3 is 14.4 Å². The monoisotopic (exact) mass is 364 g/mol. The van der Waals surface area contributed by atoms with E-state index in [4.69, 9.17) is 21.1 Å². The lowest BCUT2D eigenvalue weighted by atomic mass is 10.1. The lowest BCUT2D eigenvalue weighted by molar-refractivity contribution is -0.385. The molecule has 7 nitrogen and oxygen atoms in total. The number of hydrogen-bond donors (Lipinski definition) is 0. The Labute approximate surface area is 149 Å². The average Bonchev–Trinajstić information content (AvgIpc) is 2.61. The molecule has 2 aromatic rings. The summed E-state index contributed by atoms with van der Waals surface area (Å²) < 4.78 is 10.2. The average molecular weight is 365 g/mol. The summed E-state index contributed by atoms with van der Waals surface area (Å²) in [5.74, 6) is -0.0648. The molecule has 0 fully saturated rings. The molecule has 0 heterocycles. The second kappa shape index (κ2) is 7.85. The number of methoxy groups -OCH3 is 2. The first-order chi connectivity index (χ1) is 11.9. The van der Waals surface area contributed by atoms with Crippen molar-refractivity contribution in [3.8, 4) is 11.5 Å². The zero-order valence-corrected chi connectivity index (χ0v) is 14.7. The SMILES string of the molecule is COc1cc(C(=O)N(C)Cc2ccc(Cl)cc2)c([N+](=O)[O-])cc1OC. The van der Waals surface area contributed by atoms with Gasteiger partial charge in [0, 0.05) is 24.7 Å². The maximum atomic E-state index is 12.7. The van der Waals surface area contributed by atoms with E-state index in [2.05, 4.69) is 0 Å². The van der Waals surface area contributed by atoms with Gasteiger partial charge in [0.2, 0.25) is 0 Å². The number of nitro groups is 1. The molecule has 0 aliphatic rings. The van der Waals surface area contributed by atoms with Crippen molar-refractivity contribution in [1.29, 1.82) is 0 Å². The standard InChI is InChI=1S/C17H17ClN2O5/c1-19(10-11-4-6-12(18)7-5-11)17(21)13-8-15(24-2)16(25-3)9-14(13)20(22)23/h4-9H,10H2,1-3H3. The van der Waals surface area contributed by atoms with Crippen LogP contribution in [-0.2, 0) is 6.54 Å². The summed E-state index contributed by atoms with van der Waals surface area (Å²) in [6.07, 6.45) is 0. The van der Waals surface area contributed by atoms with Gasteiger partial charge in [-0.3, -0.25) is 14.9 Å². The largest absolute Gasteiger partial charge is 0.493 e. The molecule has 0 aromatic heterocycles. The molecule has 1 amide bonds. The van der Waals surface area contributed by atoms with Gasteiger partial charge in [-0.25, -0.2) is 0 Å². The molecule has 0 unspecified atom stereocenters. The second-order valence-electron chi connectivity index (χ2n) is 5.27. The summed E-state index contributed by atoms with van der Waals surface area (Å²) in [5.41, 5.74) is 0.438. The van der Waals surface area contributed by atoms with Gasteiger partial charge in [-0.15, -0.1) is 0 Å². The van der Waals surface area contributed by atoms with Crippen molar-refractivity contribution in [3.63, 3.8) is 0 Å². The fraction of sp³-hybridized carbons (Fsp3) is 0.235. The van der Waals surface area contributed by atoms with Crippen LogP contribution >= 0.6 is 11.6 Å². The van der Waals surface area contributed by atoms with Crippen LogP contribution in [0.5, 0.6) is 11.5 Å². The minimum Gasteiger partial charge on any atom is -0.493 e. The van der Waals surface area contributed by atoms with Gasteiger partial charge in [0.25, 0.3) is 11.6 Å². The van der Waals surface area contributed by atoms with Crippen LogP contribution in [0.3, 0.4) is 0 Å². The number of halogens is 1. The highest BCUT2D eigenvalue weighted by Crippen LogP contribution is 2.35. The minimum absolute atomic E-state index is 0.0703. The molecule has 8 heteroatoms. The van der Waals surface area contributed by atoms with Crippen molar-refractivity contribution in [1.82, 2.24) is 4.90 Å². The quantitative estimate of drug-likeness (QED) is 0.578. The number of hydrogen-bond acceptors (Lipinski definition) is 5. The summed E-state index contributed by atoms with van der Waals surface area (Å²) in [4.78, 5) is 24.8. The molecule has 0 bridgehead atoms. The molecule has 0 aliphatic carbocycles. The number of nitrogens with zero attached hydrogens (tertiary/aromatic N) is 2. The second-order valence-corrected chi connectivity index (χ2v) is 5.71. The van der Waals surface area contributed by atoms with Crippen molar-refractivity contribution in [3.05, 3.63) is 62.7 Å². The Kier molecular flexibility index (Phi) is 5.82. The van der Waals surface area contributed by atoms with Gasteiger partial charge in [-0.05, 0) is 17.7 Å². The normalized spacial score (nSPS) is 10.2. The van der Waals surface area contributed by atoms with Gasteiger partial charge >= 0.3 is 0 Å². The molecular weight excluding hydrogens is 348 g/mol. The van der Waals surface area contributed by atoms with Crippen molar-refractivity contribution in [2.45, 2.75) is 6.54 Å². The predicted octanol–water partition coefficient (Wildman–Crippen LogP) is 3.54. The van der Waals surface area contributed by atoms with Gasteiger partial charge in [0.1, 0.15) is 5.56 Å². The molecule has 0 saturated heterocycles. The van der Waals surface area contributed by atoms with Crippen LogP contribution in [0.2, 0.25) is 5.02 Å². The number of nitro benzene ring substituents is 1. The van der Waals surface area contributed by atoms with Gasteiger partial charge in [0.15, 0.2) is 11.5 Å². The summed E-state index contributed by atoms with van der Waals surface area (Å²) in [6.45, 7) is 0.279. The summed E-state index contributed by atoms with van der Waals surface area (Å²) in [5, 5.41) is 11.9. The fourth-order valence-electron chi connectivity index (χ4n) is 2.33. The van der Waals surface area contributed by atoms with E-state index in [9.17, 15) is 14.9 Å². The molecule has 0 spiro atoms. The Bertz CT molecular complexity index is 792. The maximum Gasteiger partial charge on any atom is 0.286 e. The van der Waals surface area contributed by atoms with E-state index in [0.717, 1.165) is 5.56 Å². The van der Waals surface area contributed by atoms with E-state index in [0.29, 0.717) is 5.02 Å². The van der Waals surface area contributed by atoms with Gasteiger partial charge in [0.05, 0.1) is 25.2 Å². The van der Waals surface area contributed by atoms with Crippen LogP contribution in [0, 0.1) is 10.1 Å². The van der Waals surface area contributed by atoms with Gasteiger partial charge in [-0.2, -0.15) is 0 Å². The lowest BCUT2D eigenvalue weighted by Gasteiger charge is -2.18. The molecule has 25 heavy (non-hydrogen) atoms. The Morgan fingerprint density at radius 3 is 2.24 bits per heavy atom. The first kappa shape index (κ1) is 18.5. The first-order valence-electron chi connectivity index (χ1n) is 7.27. The van der Waals surface area contributed by atoms with E-state index in [-0.39, 0.29) is 29.3 Å². The van der Waals surface area contributed by atoms with Crippen LogP contribution in [-0.4, -0.2) is 37.0 Å². The highest BCUT2D eigenvalue weighted by Gasteiger charge is 2.26. The Morgan fingerprint density at radius 2 is 1.72 bits per heavy atom. The Morgan fingerprint density at radius 1 is 1.16 bits per heavy atom. The van der Waals surface area contributed by atoms with Crippen molar-refractivity contribution in [2.24, 2.45) is 0 Å². The summed E-state index contributed by atoms with van der Waals surface area (Å²) in [7, 11) is 4.34. The number of benzene rings is 2. The molecular formula is C17H17ClN2O5. The Balaban J connectivity index is 2.36.